The normalized spacial score (nSPS) is 11.9. The van der Waals surface area contributed by atoms with Crippen LogP contribution in [0.4, 0.5) is 13.2 Å². The molecule has 20 heavy (non-hydrogen) atoms. The van der Waals surface area contributed by atoms with E-state index in [0.717, 1.165) is 32.9 Å². The number of benzene rings is 2. The third kappa shape index (κ3) is 2.67. The van der Waals surface area contributed by atoms with Crippen molar-refractivity contribution in [2.45, 2.75) is 12.6 Å². The van der Waals surface area contributed by atoms with Crippen LogP contribution in [0.25, 0.3) is 10.2 Å². The number of hydrogen-bond donors (Lipinski definition) is 0. The molecule has 0 aliphatic carbocycles. The second-order valence-electron chi connectivity index (χ2n) is 4.45. The Morgan fingerprint density at radius 3 is 2.30 bits per heavy atom. The van der Waals surface area contributed by atoms with Crippen LogP contribution < -0.4 is 0 Å². The van der Waals surface area contributed by atoms with E-state index < -0.39 is 11.7 Å². The molecule has 3 aromatic rings. The Kier molecular flexibility index (Phi) is 3.22. The van der Waals surface area contributed by atoms with E-state index in [-0.39, 0.29) is 0 Å². The second-order valence-corrected chi connectivity index (χ2v) is 5.56. The van der Waals surface area contributed by atoms with Gasteiger partial charge in [0.15, 0.2) is 0 Å². The van der Waals surface area contributed by atoms with Gasteiger partial charge in [0.25, 0.3) is 0 Å². The van der Waals surface area contributed by atoms with Gasteiger partial charge in [0.2, 0.25) is 0 Å². The van der Waals surface area contributed by atoms with E-state index in [2.05, 4.69) is 4.98 Å². The van der Waals surface area contributed by atoms with E-state index >= 15 is 0 Å². The van der Waals surface area contributed by atoms with Crippen molar-refractivity contribution in [2.24, 2.45) is 0 Å². The summed E-state index contributed by atoms with van der Waals surface area (Å²) >= 11 is 1.57. The fourth-order valence-electron chi connectivity index (χ4n) is 1.98. The van der Waals surface area contributed by atoms with E-state index in [4.69, 9.17) is 0 Å². The Bertz CT molecular complexity index is 696. The lowest BCUT2D eigenvalue weighted by atomic mass is 10.1. The van der Waals surface area contributed by atoms with E-state index in [0.29, 0.717) is 6.42 Å². The molecule has 3 rings (SSSR count). The molecule has 0 amide bonds. The van der Waals surface area contributed by atoms with Crippen LogP contribution in [0.1, 0.15) is 16.1 Å². The molecular formula is C15H10F3NS. The van der Waals surface area contributed by atoms with E-state index in [1.54, 1.807) is 11.3 Å². The van der Waals surface area contributed by atoms with Crippen molar-refractivity contribution in [3.05, 3.63) is 64.7 Å². The molecule has 0 unspecified atom stereocenters. The number of thiazole rings is 1. The lowest BCUT2D eigenvalue weighted by Gasteiger charge is -2.06. The van der Waals surface area contributed by atoms with Crippen LogP contribution in [0, 0.1) is 0 Å². The summed E-state index contributed by atoms with van der Waals surface area (Å²) in [5, 5.41) is 0.908. The van der Waals surface area contributed by atoms with E-state index in [9.17, 15) is 13.2 Å². The van der Waals surface area contributed by atoms with Gasteiger partial charge in [0.05, 0.1) is 20.8 Å². The fraction of sp³-hybridized carbons (Fsp3) is 0.133. The highest BCUT2D eigenvalue weighted by molar-refractivity contribution is 7.18. The van der Waals surface area contributed by atoms with Crippen LogP contribution in [-0.4, -0.2) is 4.98 Å². The second kappa shape index (κ2) is 4.90. The SMILES string of the molecule is FC(F)(F)c1ccc(Cc2nc3ccccc3s2)cc1. The van der Waals surface area contributed by atoms with Gasteiger partial charge in [0, 0.05) is 6.42 Å². The average molecular weight is 293 g/mol. The Morgan fingerprint density at radius 1 is 0.950 bits per heavy atom. The molecule has 0 atom stereocenters. The van der Waals surface area contributed by atoms with Gasteiger partial charge in [-0.25, -0.2) is 4.98 Å². The minimum Gasteiger partial charge on any atom is -0.241 e. The largest absolute Gasteiger partial charge is 0.416 e. The van der Waals surface area contributed by atoms with Gasteiger partial charge >= 0.3 is 6.18 Å². The van der Waals surface area contributed by atoms with Gasteiger partial charge < -0.3 is 0 Å². The van der Waals surface area contributed by atoms with Crippen LogP contribution in [0.5, 0.6) is 0 Å². The average Bonchev–Trinajstić information content (AvgIpc) is 2.80. The number of fused-ring (bicyclic) bond motifs is 1. The topological polar surface area (TPSA) is 12.9 Å². The highest BCUT2D eigenvalue weighted by Gasteiger charge is 2.29. The first-order valence-corrected chi connectivity index (χ1v) is 6.84. The van der Waals surface area contributed by atoms with Gasteiger partial charge in [-0.05, 0) is 29.8 Å². The summed E-state index contributed by atoms with van der Waals surface area (Å²) < 4.78 is 38.5. The first-order valence-electron chi connectivity index (χ1n) is 6.03. The lowest BCUT2D eigenvalue weighted by Crippen LogP contribution is -2.04. The van der Waals surface area contributed by atoms with Gasteiger partial charge in [-0.15, -0.1) is 11.3 Å². The number of nitrogens with zero attached hydrogens (tertiary/aromatic N) is 1. The zero-order valence-electron chi connectivity index (χ0n) is 10.3. The maximum Gasteiger partial charge on any atom is 0.416 e. The molecular weight excluding hydrogens is 283 g/mol. The number of hydrogen-bond acceptors (Lipinski definition) is 2. The fourth-order valence-corrected chi connectivity index (χ4v) is 2.98. The predicted octanol–water partition coefficient (Wildman–Crippen LogP) is 4.91. The van der Waals surface area contributed by atoms with Gasteiger partial charge in [-0.1, -0.05) is 24.3 Å². The van der Waals surface area contributed by atoms with Crippen LogP contribution >= 0.6 is 11.3 Å². The summed E-state index contributed by atoms with van der Waals surface area (Å²) in [7, 11) is 0. The maximum atomic E-state index is 12.5. The number of para-hydroxylation sites is 1. The molecule has 1 heterocycles. The van der Waals surface area contributed by atoms with Gasteiger partial charge in [0.1, 0.15) is 0 Å². The number of halogens is 3. The Labute approximate surface area is 117 Å². The monoisotopic (exact) mass is 293 g/mol. The van der Waals surface area contributed by atoms with Crippen LogP contribution in [-0.2, 0) is 12.6 Å². The molecule has 0 bridgehead atoms. The molecule has 1 aromatic heterocycles. The quantitative estimate of drug-likeness (QED) is 0.654. The summed E-state index contributed by atoms with van der Waals surface area (Å²) in [6, 6.07) is 13.0. The highest BCUT2D eigenvalue weighted by Crippen LogP contribution is 2.30. The van der Waals surface area contributed by atoms with Crippen molar-refractivity contribution in [3.8, 4) is 0 Å². The first-order chi connectivity index (χ1) is 9.52. The predicted molar refractivity (Wildman–Crippen MR) is 73.9 cm³/mol. The van der Waals surface area contributed by atoms with Crippen molar-refractivity contribution in [3.63, 3.8) is 0 Å². The standard InChI is InChI=1S/C15H10F3NS/c16-15(17,18)11-7-5-10(6-8-11)9-14-19-12-3-1-2-4-13(12)20-14/h1-8H,9H2. The summed E-state index contributed by atoms with van der Waals surface area (Å²) in [4.78, 5) is 4.48. The molecule has 2 aromatic carbocycles. The molecule has 0 aliphatic heterocycles. The molecule has 0 saturated carbocycles. The molecule has 0 fully saturated rings. The van der Waals surface area contributed by atoms with Crippen molar-refractivity contribution in [2.75, 3.05) is 0 Å². The maximum absolute atomic E-state index is 12.5. The summed E-state index contributed by atoms with van der Waals surface area (Å²) in [6.07, 6.45) is -3.73. The van der Waals surface area contributed by atoms with Crippen molar-refractivity contribution < 1.29 is 13.2 Å². The van der Waals surface area contributed by atoms with Crippen LogP contribution in [0.15, 0.2) is 48.5 Å². The van der Waals surface area contributed by atoms with Crippen LogP contribution in [0.3, 0.4) is 0 Å². The zero-order valence-corrected chi connectivity index (χ0v) is 11.1. The highest BCUT2D eigenvalue weighted by atomic mass is 32.1. The van der Waals surface area contributed by atoms with Crippen molar-refractivity contribution >= 4 is 21.6 Å². The Balaban J connectivity index is 1.84. The van der Waals surface area contributed by atoms with Crippen LogP contribution in [0.2, 0.25) is 0 Å². The number of alkyl halides is 3. The third-order valence-electron chi connectivity index (χ3n) is 2.97. The minimum atomic E-state index is -4.28. The minimum absolute atomic E-state index is 0.553. The molecule has 1 nitrogen and oxygen atoms in total. The molecule has 0 N–H and O–H groups in total. The Hall–Kier alpha value is -1.88. The van der Waals surface area contributed by atoms with E-state index in [1.165, 1.54) is 12.1 Å². The number of aromatic nitrogens is 1. The molecule has 0 saturated heterocycles. The molecule has 5 heteroatoms. The summed E-state index contributed by atoms with van der Waals surface area (Å²) in [5.41, 5.74) is 1.14. The first kappa shape index (κ1) is 13.1. The zero-order chi connectivity index (χ0) is 14.2. The smallest absolute Gasteiger partial charge is 0.241 e. The van der Waals surface area contributed by atoms with E-state index in [1.807, 2.05) is 24.3 Å². The number of rotatable bonds is 2. The Morgan fingerprint density at radius 2 is 1.65 bits per heavy atom. The third-order valence-corrected chi connectivity index (χ3v) is 4.01. The summed E-state index contributed by atoms with van der Waals surface area (Å²) in [5.74, 6) is 0. The molecule has 0 radical (unpaired) electrons. The lowest BCUT2D eigenvalue weighted by molar-refractivity contribution is -0.137. The summed E-state index contributed by atoms with van der Waals surface area (Å²) in [6.45, 7) is 0. The van der Waals surface area contributed by atoms with Crippen molar-refractivity contribution in [1.29, 1.82) is 0 Å². The van der Waals surface area contributed by atoms with Crippen molar-refractivity contribution in [1.82, 2.24) is 4.98 Å². The van der Waals surface area contributed by atoms with Gasteiger partial charge in [-0.3, -0.25) is 0 Å². The van der Waals surface area contributed by atoms with Gasteiger partial charge in [-0.2, -0.15) is 13.2 Å². The molecule has 0 spiro atoms. The molecule has 0 aliphatic rings. The molecule has 102 valence electrons.